The zero-order valence-electron chi connectivity index (χ0n) is 11.1. The van der Waals surface area contributed by atoms with Gasteiger partial charge in [-0.05, 0) is 25.3 Å². The highest BCUT2D eigenvalue weighted by molar-refractivity contribution is 5.85. The molecule has 1 unspecified atom stereocenters. The fraction of sp³-hybridized carbons (Fsp3) is 0.467. The van der Waals surface area contributed by atoms with Gasteiger partial charge in [0.05, 0.1) is 5.92 Å². The Balaban J connectivity index is 2.09. The van der Waals surface area contributed by atoms with E-state index in [-0.39, 0.29) is 12.3 Å². The van der Waals surface area contributed by atoms with Crippen LogP contribution in [0, 0.1) is 6.92 Å². The number of carbonyl (C=O) groups is 2. The Labute approximate surface area is 113 Å². The molecule has 0 bridgehead atoms. The first kappa shape index (κ1) is 13.6. The Bertz CT molecular complexity index is 461. The number of aliphatic carboxylic acids is 1. The predicted octanol–water partition coefficient (Wildman–Crippen LogP) is 2.18. The minimum Gasteiger partial charge on any atom is -0.481 e. The molecule has 19 heavy (non-hydrogen) atoms. The Morgan fingerprint density at radius 1 is 1.21 bits per heavy atom. The van der Waals surface area contributed by atoms with Crippen molar-refractivity contribution in [3.05, 3.63) is 35.4 Å². The number of nitrogens with zero attached hydrogens (tertiary/aromatic N) is 1. The van der Waals surface area contributed by atoms with Crippen LogP contribution in [0.25, 0.3) is 0 Å². The Kier molecular flexibility index (Phi) is 4.20. The number of aryl methyl sites for hydroxylation is 1. The van der Waals surface area contributed by atoms with Gasteiger partial charge in [-0.3, -0.25) is 9.59 Å². The van der Waals surface area contributed by atoms with Crippen molar-refractivity contribution in [3.63, 3.8) is 0 Å². The Hall–Kier alpha value is -1.84. The van der Waals surface area contributed by atoms with Gasteiger partial charge in [0.1, 0.15) is 0 Å². The van der Waals surface area contributed by atoms with E-state index in [2.05, 4.69) is 0 Å². The van der Waals surface area contributed by atoms with E-state index in [0.29, 0.717) is 5.56 Å². The van der Waals surface area contributed by atoms with Gasteiger partial charge in [-0.1, -0.05) is 29.8 Å². The number of hydrogen-bond donors (Lipinski definition) is 1. The van der Waals surface area contributed by atoms with E-state index in [0.717, 1.165) is 31.5 Å². The van der Waals surface area contributed by atoms with Crippen LogP contribution in [0.1, 0.15) is 36.3 Å². The first-order valence-electron chi connectivity index (χ1n) is 6.65. The van der Waals surface area contributed by atoms with E-state index in [1.54, 1.807) is 17.0 Å². The highest BCUT2D eigenvalue weighted by Gasteiger charge is 2.27. The van der Waals surface area contributed by atoms with E-state index < -0.39 is 11.9 Å². The summed E-state index contributed by atoms with van der Waals surface area (Å²) in [5.41, 5.74) is 1.78. The number of amides is 1. The average molecular weight is 261 g/mol. The van der Waals surface area contributed by atoms with Gasteiger partial charge in [-0.2, -0.15) is 0 Å². The van der Waals surface area contributed by atoms with Crippen LogP contribution in [0.15, 0.2) is 24.3 Å². The van der Waals surface area contributed by atoms with Crippen molar-refractivity contribution < 1.29 is 14.7 Å². The minimum absolute atomic E-state index is 0.0505. The summed E-state index contributed by atoms with van der Waals surface area (Å²) < 4.78 is 0. The van der Waals surface area contributed by atoms with Crippen LogP contribution in [0.4, 0.5) is 0 Å². The molecule has 1 aliphatic heterocycles. The van der Waals surface area contributed by atoms with Crippen LogP contribution < -0.4 is 0 Å². The molecular formula is C15H19NO3. The van der Waals surface area contributed by atoms with Crippen molar-refractivity contribution in [2.24, 2.45) is 0 Å². The number of rotatable bonds is 4. The smallest absolute Gasteiger partial charge is 0.311 e. The second kappa shape index (κ2) is 5.87. The number of benzene rings is 1. The van der Waals surface area contributed by atoms with Crippen LogP contribution in [-0.4, -0.2) is 35.0 Å². The summed E-state index contributed by atoms with van der Waals surface area (Å²) in [6.07, 6.45) is 2.10. The highest BCUT2D eigenvalue weighted by Crippen LogP contribution is 2.23. The largest absolute Gasteiger partial charge is 0.481 e. The van der Waals surface area contributed by atoms with E-state index in [4.69, 9.17) is 0 Å². The van der Waals surface area contributed by atoms with Crippen molar-refractivity contribution in [1.82, 2.24) is 4.90 Å². The second-order valence-corrected chi connectivity index (χ2v) is 5.09. The van der Waals surface area contributed by atoms with Crippen LogP contribution in [0.5, 0.6) is 0 Å². The third-order valence-electron chi connectivity index (χ3n) is 3.62. The lowest BCUT2D eigenvalue weighted by Gasteiger charge is -2.18. The Morgan fingerprint density at radius 3 is 2.32 bits per heavy atom. The van der Waals surface area contributed by atoms with Gasteiger partial charge >= 0.3 is 5.97 Å². The first-order chi connectivity index (χ1) is 9.08. The normalized spacial score (nSPS) is 16.4. The molecule has 102 valence electrons. The molecule has 0 radical (unpaired) electrons. The molecule has 1 atom stereocenters. The molecule has 1 heterocycles. The number of likely N-dealkylation sites (tertiary alicyclic amines) is 1. The molecule has 2 rings (SSSR count). The number of carbonyl (C=O) groups excluding carboxylic acids is 1. The topological polar surface area (TPSA) is 57.6 Å². The summed E-state index contributed by atoms with van der Waals surface area (Å²) in [7, 11) is 0. The molecule has 0 aromatic heterocycles. The molecular weight excluding hydrogens is 242 g/mol. The molecule has 1 aliphatic rings. The second-order valence-electron chi connectivity index (χ2n) is 5.09. The summed E-state index contributed by atoms with van der Waals surface area (Å²) in [4.78, 5) is 25.2. The van der Waals surface area contributed by atoms with Gasteiger partial charge in [-0.25, -0.2) is 0 Å². The van der Waals surface area contributed by atoms with Gasteiger partial charge in [-0.15, -0.1) is 0 Å². The fourth-order valence-electron chi connectivity index (χ4n) is 2.42. The fourth-order valence-corrected chi connectivity index (χ4v) is 2.42. The van der Waals surface area contributed by atoms with E-state index in [1.165, 1.54) is 0 Å². The summed E-state index contributed by atoms with van der Waals surface area (Å²) >= 11 is 0. The van der Waals surface area contributed by atoms with Crippen LogP contribution >= 0.6 is 0 Å². The molecule has 4 heteroatoms. The molecule has 1 aromatic carbocycles. The average Bonchev–Trinajstić information content (AvgIpc) is 2.90. The summed E-state index contributed by atoms with van der Waals surface area (Å²) in [5.74, 6) is -1.73. The molecule has 0 saturated carbocycles. The van der Waals surface area contributed by atoms with Crippen LogP contribution in [0.3, 0.4) is 0 Å². The molecule has 1 N–H and O–H groups in total. The molecule has 1 fully saturated rings. The van der Waals surface area contributed by atoms with E-state index >= 15 is 0 Å². The molecule has 4 nitrogen and oxygen atoms in total. The quantitative estimate of drug-likeness (QED) is 0.903. The summed E-state index contributed by atoms with van der Waals surface area (Å²) in [6.45, 7) is 3.48. The summed E-state index contributed by atoms with van der Waals surface area (Å²) in [5, 5.41) is 9.32. The lowest BCUT2D eigenvalue weighted by molar-refractivity contribution is -0.142. The number of carboxylic acids is 1. The maximum Gasteiger partial charge on any atom is 0.311 e. The zero-order chi connectivity index (χ0) is 13.8. The van der Waals surface area contributed by atoms with Crippen LogP contribution in [0.2, 0.25) is 0 Å². The maximum absolute atomic E-state index is 12.1. The molecule has 1 aromatic rings. The van der Waals surface area contributed by atoms with E-state index in [1.807, 2.05) is 19.1 Å². The SMILES string of the molecule is Cc1ccc(C(CC(=O)N2CCCC2)C(=O)O)cc1. The minimum atomic E-state index is -0.934. The molecule has 0 aliphatic carbocycles. The van der Waals surface area contributed by atoms with Gasteiger partial charge < -0.3 is 10.0 Å². The lowest BCUT2D eigenvalue weighted by atomic mass is 9.94. The zero-order valence-corrected chi connectivity index (χ0v) is 11.1. The first-order valence-corrected chi connectivity index (χ1v) is 6.65. The number of hydrogen-bond acceptors (Lipinski definition) is 2. The van der Waals surface area contributed by atoms with Gasteiger partial charge in [0, 0.05) is 19.5 Å². The van der Waals surface area contributed by atoms with Crippen molar-refractivity contribution >= 4 is 11.9 Å². The third-order valence-corrected chi connectivity index (χ3v) is 3.62. The van der Waals surface area contributed by atoms with Gasteiger partial charge in [0.25, 0.3) is 0 Å². The van der Waals surface area contributed by atoms with Crippen LogP contribution in [-0.2, 0) is 9.59 Å². The third kappa shape index (κ3) is 3.34. The Morgan fingerprint density at radius 2 is 1.79 bits per heavy atom. The molecule has 1 amide bonds. The van der Waals surface area contributed by atoms with Gasteiger partial charge in [0.2, 0.25) is 5.91 Å². The lowest BCUT2D eigenvalue weighted by Crippen LogP contribution is -2.30. The van der Waals surface area contributed by atoms with Crippen molar-refractivity contribution in [3.8, 4) is 0 Å². The predicted molar refractivity (Wildman–Crippen MR) is 72.0 cm³/mol. The van der Waals surface area contributed by atoms with Gasteiger partial charge in [0.15, 0.2) is 0 Å². The van der Waals surface area contributed by atoms with Crippen molar-refractivity contribution in [1.29, 1.82) is 0 Å². The van der Waals surface area contributed by atoms with Crippen molar-refractivity contribution in [2.75, 3.05) is 13.1 Å². The highest BCUT2D eigenvalue weighted by atomic mass is 16.4. The maximum atomic E-state index is 12.1. The summed E-state index contributed by atoms with van der Waals surface area (Å²) in [6, 6.07) is 7.36. The van der Waals surface area contributed by atoms with E-state index in [9.17, 15) is 14.7 Å². The number of carboxylic acid groups (broad SMARTS) is 1. The standard InChI is InChI=1S/C15H19NO3/c1-11-4-6-12(7-5-11)13(15(18)19)10-14(17)16-8-2-3-9-16/h4-7,13H,2-3,8-10H2,1H3,(H,18,19). The van der Waals surface area contributed by atoms with Crippen molar-refractivity contribution in [2.45, 2.75) is 32.1 Å². The monoisotopic (exact) mass is 261 g/mol. The molecule has 1 saturated heterocycles. The molecule has 0 spiro atoms.